The second-order valence-corrected chi connectivity index (χ2v) is 6.29. The van der Waals surface area contributed by atoms with Crippen LogP contribution in [0.15, 0.2) is 42.6 Å². The van der Waals surface area contributed by atoms with E-state index >= 15 is 0 Å². The van der Waals surface area contributed by atoms with Gasteiger partial charge in [0, 0.05) is 19.2 Å². The zero-order valence-electron chi connectivity index (χ0n) is 13.4. The van der Waals surface area contributed by atoms with E-state index in [-0.39, 0.29) is 0 Å². The largest absolute Gasteiger partial charge is 0.378 e. The predicted octanol–water partition coefficient (Wildman–Crippen LogP) is 3.51. The highest BCUT2D eigenvalue weighted by molar-refractivity contribution is 5.71. The smallest absolute Gasteiger partial charge is 0.160 e. The molecule has 1 unspecified atom stereocenters. The summed E-state index contributed by atoms with van der Waals surface area (Å²) in [5.74, 6) is 1.08. The summed E-state index contributed by atoms with van der Waals surface area (Å²) >= 11 is 0. The second-order valence-electron chi connectivity index (χ2n) is 6.29. The van der Waals surface area contributed by atoms with E-state index in [1.165, 1.54) is 11.1 Å². The first-order valence-corrected chi connectivity index (χ1v) is 8.27. The number of fused-ring (bicyclic) bond motifs is 1. The maximum Gasteiger partial charge on any atom is 0.160 e. The van der Waals surface area contributed by atoms with Gasteiger partial charge in [-0.2, -0.15) is 0 Å². The van der Waals surface area contributed by atoms with Gasteiger partial charge < -0.3 is 9.30 Å². The van der Waals surface area contributed by atoms with Crippen LogP contribution in [0, 0.1) is 6.92 Å². The van der Waals surface area contributed by atoms with Crippen molar-refractivity contribution in [2.24, 2.45) is 0 Å². The lowest BCUT2D eigenvalue weighted by Gasteiger charge is -2.12. The Bertz CT molecular complexity index is 801. The van der Waals surface area contributed by atoms with Crippen molar-refractivity contribution in [2.45, 2.75) is 38.8 Å². The molecular formula is C19H21N3O. The van der Waals surface area contributed by atoms with E-state index in [0.717, 1.165) is 49.4 Å². The maximum atomic E-state index is 5.80. The number of pyridine rings is 1. The lowest BCUT2D eigenvalue weighted by atomic mass is 10.1. The van der Waals surface area contributed by atoms with E-state index in [1.54, 1.807) is 0 Å². The van der Waals surface area contributed by atoms with Crippen molar-refractivity contribution in [3.63, 3.8) is 0 Å². The summed E-state index contributed by atoms with van der Waals surface area (Å²) in [6.07, 6.45) is 5.28. The fourth-order valence-corrected chi connectivity index (χ4v) is 3.21. The van der Waals surface area contributed by atoms with E-state index in [4.69, 9.17) is 9.72 Å². The highest BCUT2D eigenvalue weighted by Gasteiger charge is 2.20. The summed E-state index contributed by atoms with van der Waals surface area (Å²) in [4.78, 5) is 9.36. The molecule has 0 amide bonds. The molecule has 0 bridgehead atoms. The van der Waals surface area contributed by atoms with Crippen LogP contribution in [0.5, 0.6) is 0 Å². The Labute approximate surface area is 136 Å². The number of aryl methyl sites for hydroxylation is 1. The molecule has 4 rings (SSSR count). The third-order valence-electron chi connectivity index (χ3n) is 4.48. The SMILES string of the molecule is Cc1ccc(Cn2c(CC3CCCO3)nc3cccnc32)cc1. The molecule has 0 radical (unpaired) electrons. The third kappa shape index (κ3) is 2.99. The van der Waals surface area contributed by atoms with Gasteiger partial charge in [-0.1, -0.05) is 29.8 Å². The van der Waals surface area contributed by atoms with Crippen LogP contribution in [0.1, 0.15) is 29.8 Å². The summed E-state index contributed by atoms with van der Waals surface area (Å²) in [5, 5.41) is 0. The standard InChI is InChI=1S/C19H21N3O/c1-14-6-8-15(9-7-14)13-22-18(12-16-4-3-11-23-16)21-17-5-2-10-20-19(17)22/h2,5-10,16H,3-4,11-13H2,1H3. The second kappa shape index (κ2) is 6.13. The van der Waals surface area contributed by atoms with Crippen LogP contribution in [0.2, 0.25) is 0 Å². The van der Waals surface area contributed by atoms with Crippen molar-refractivity contribution in [3.8, 4) is 0 Å². The molecule has 1 atom stereocenters. The first kappa shape index (κ1) is 14.4. The molecule has 1 aromatic carbocycles. The van der Waals surface area contributed by atoms with Gasteiger partial charge >= 0.3 is 0 Å². The van der Waals surface area contributed by atoms with Crippen LogP contribution in [-0.2, 0) is 17.7 Å². The normalized spacial score (nSPS) is 17.9. The van der Waals surface area contributed by atoms with Gasteiger partial charge in [0.1, 0.15) is 11.3 Å². The predicted molar refractivity (Wildman–Crippen MR) is 90.5 cm³/mol. The highest BCUT2D eigenvalue weighted by atomic mass is 16.5. The molecule has 3 heterocycles. The van der Waals surface area contributed by atoms with Crippen molar-refractivity contribution in [3.05, 3.63) is 59.5 Å². The summed E-state index contributed by atoms with van der Waals surface area (Å²) in [5.41, 5.74) is 4.48. The zero-order valence-corrected chi connectivity index (χ0v) is 13.4. The molecule has 4 nitrogen and oxygen atoms in total. The van der Waals surface area contributed by atoms with Gasteiger partial charge in [0.15, 0.2) is 5.65 Å². The van der Waals surface area contributed by atoms with Crippen molar-refractivity contribution < 1.29 is 4.74 Å². The van der Waals surface area contributed by atoms with Gasteiger partial charge in [0.2, 0.25) is 0 Å². The fourth-order valence-electron chi connectivity index (χ4n) is 3.21. The Morgan fingerprint density at radius 2 is 2.09 bits per heavy atom. The quantitative estimate of drug-likeness (QED) is 0.740. The fraction of sp³-hybridized carbons (Fsp3) is 0.368. The molecule has 3 aromatic rings. The molecule has 2 aromatic heterocycles. The minimum absolute atomic E-state index is 0.295. The van der Waals surface area contributed by atoms with Crippen molar-refractivity contribution in [2.75, 3.05) is 6.61 Å². The number of hydrogen-bond donors (Lipinski definition) is 0. The van der Waals surface area contributed by atoms with E-state index in [0.29, 0.717) is 6.10 Å². The van der Waals surface area contributed by atoms with Gasteiger partial charge in [-0.05, 0) is 37.5 Å². The molecule has 4 heteroatoms. The average Bonchev–Trinajstić information content (AvgIpc) is 3.19. The van der Waals surface area contributed by atoms with Gasteiger partial charge in [0.25, 0.3) is 0 Å². The summed E-state index contributed by atoms with van der Waals surface area (Å²) in [6, 6.07) is 12.7. The minimum Gasteiger partial charge on any atom is -0.378 e. The number of rotatable bonds is 4. The molecule has 0 spiro atoms. The monoisotopic (exact) mass is 307 g/mol. The van der Waals surface area contributed by atoms with Crippen LogP contribution < -0.4 is 0 Å². The van der Waals surface area contributed by atoms with Gasteiger partial charge in [-0.3, -0.25) is 0 Å². The van der Waals surface area contributed by atoms with Crippen LogP contribution in [0.4, 0.5) is 0 Å². The summed E-state index contributed by atoms with van der Waals surface area (Å²) < 4.78 is 8.04. The number of aromatic nitrogens is 3. The molecule has 1 fully saturated rings. The molecule has 1 aliphatic heterocycles. The average molecular weight is 307 g/mol. The summed E-state index contributed by atoms with van der Waals surface area (Å²) in [6.45, 7) is 3.79. The van der Waals surface area contributed by atoms with Crippen molar-refractivity contribution in [1.82, 2.24) is 14.5 Å². The lowest BCUT2D eigenvalue weighted by molar-refractivity contribution is 0.109. The number of benzene rings is 1. The first-order valence-electron chi connectivity index (χ1n) is 8.27. The van der Waals surface area contributed by atoms with Gasteiger partial charge in [0.05, 0.1) is 12.6 Å². The van der Waals surface area contributed by atoms with Crippen LogP contribution in [-0.4, -0.2) is 27.2 Å². The Hall–Kier alpha value is -2.20. The minimum atomic E-state index is 0.295. The van der Waals surface area contributed by atoms with Crippen LogP contribution in [0.25, 0.3) is 11.2 Å². The van der Waals surface area contributed by atoms with Crippen molar-refractivity contribution >= 4 is 11.2 Å². The molecule has 0 N–H and O–H groups in total. The van der Waals surface area contributed by atoms with Crippen molar-refractivity contribution in [1.29, 1.82) is 0 Å². The Kier molecular flexibility index (Phi) is 3.83. The molecule has 1 saturated heterocycles. The zero-order chi connectivity index (χ0) is 15.6. The summed E-state index contributed by atoms with van der Waals surface area (Å²) in [7, 11) is 0. The van der Waals surface area contributed by atoms with E-state index in [9.17, 15) is 0 Å². The molecular weight excluding hydrogens is 286 g/mol. The molecule has 0 aliphatic carbocycles. The van der Waals surface area contributed by atoms with E-state index in [2.05, 4.69) is 40.7 Å². The molecule has 23 heavy (non-hydrogen) atoms. The molecule has 118 valence electrons. The Balaban J connectivity index is 1.71. The lowest BCUT2D eigenvalue weighted by Crippen LogP contribution is -2.14. The van der Waals surface area contributed by atoms with Gasteiger partial charge in [-0.15, -0.1) is 0 Å². The Morgan fingerprint density at radius 1 is 1.22 bits per heavy atom. The topological polar surface area (TPSA) is 39.9 Å². The van der Waals surface area contributed by atoms with Gasteiger partial charge in [-0.25, -0.2) is 9.97 Å². The first-order chi connectivity index (χ1) is 11.3. The highest BCUT2D eigenvalue weighted by Crippen LogP contribution is 2.21. The number of hydrogen-bond acceptors (Lipinski definition) is 3. The molecule has 1 aliphatic rings. The number of imidazole rings is 1. The van der Waals surface area contributed by atoms with E-state index < -0.39 is 0 Å². The van der Waals surface area contributed by atoms with E-state index in [1.807, 2.05) is 18.3 Å². The molecule has 0 saturated carbocycles. The van der Waals surface area contributed by atoms with Crippen LogP contribution >= 0.6 is 0 Å². The number of ether oxygens (including phenoxy) is 1. The third-order valence-corrected chi connectivity index (χ3v) is 4.48. The van der Waals surface area contributed by atoms with Crippen LogP contribution in [0.3, 0.4) is 0 Å². The Morgan fingerprint density at radius 3 is 2.87 bits per heavy atom. The maximum absolute atomic E-state index is 5.80. The number of nitrogens with zero attached hydrogens (tertiary/aromatic N) is 3.